The second-order valence-electron chi connectivity index (χ2n) is 8.54. The van der Waals surface area contributed by atoms with Gasteiger partial charge in [-0.15, -0.1) is 11.3 Å². The van der Waals surface area contributed by atoms with Gasteiger partial charge in [0.05, 0.1) is 26.6 Å². The van der Waals surface area contributed by atoms with Gasteiger partial charge in [-0.2, -0.15) is 0 Å². The summed E-state index contributed by atoms with van der Waals surface area (Å²) >= 11 is 1.61. The first-order chi connectivity index (χ1) is 17.0. The number of rotatable bonds is 4. The number of carbonyl (C=O) groups is 2. The summed E-state index contributed by atoms with van der Waals surface area (Å²) in [5, 5.41) is 2.84. The molecule has 0 aliphatic heterocycles. The minimum atomic E-state index is -0.398. The number of amides is 1. The Morgan fingerprint density at radius 2 is 1.89 bits per heavy atom. The van der Waals surface area contributed by atoms with Crippen LogP contribution in [0.5, 0.6) is 0 Å². The first-order valence-electron chi connectivity index (χ1n) is 11.0. The van der Waals surface area contributed by atoms with E-state index in [-0.39, 0.29) is 11.5 Å². The Hall–Kier alpha value is -4.11. The lowest BCUT2D eigenvalue weighted by Crippen LogP contribution is -2.22. The van der Waals surface area contributed by atoms with Gasteiger partial charge in [0.2, 0.25) is 6.41 Å². The third kappa shape index (κ3) is 7.44. The zero-order chi connectivity index (χ0) is 26.9. The van der Waals surface area contributed by atoms with Crippen LogP contribution in [-0.2, 0) is 14.3 Å². The summed E-state index contributed by atoms with van der Waals surface area (Å²) < 4.78 is 7.44. The van der Waals surface area contributed by atoms with Gasteiger partial charge >= 0.3 is 5.97 Å². The molecule has 2 aromatic carbocycles. The molecule has 8 nitrogen and oxygen atoms in total. The monoisotopic (exact) mass is 506 g/mol. The Bertz CT molecular complexity index is 1450. The van der Waals surface area contributed by atoms with E-state index in [1.165, 1.54) is 10.9 Å². The average Bonchev–Trinajstić information content (AvgIpc) is 3.31. The SMILES string of the molecule is C=C(C)n1cnc2c(-c3ccc4scnc4c3)cccc2c1=O.C=CC(=O)OC(C)(C)C.CNC=O. The van der Waals surface area contributed by atoms with Crippen LogP contribution in [0, 0.1) is 0 Å². The zero-order valence-electron chi connectivity index (χ0n) is 21.1. The Labute approximate surface area is 214 Å². The van der Waals surface area contributed by atoms with E-state index in [1.807, 2.05) is 50.5 Å². The van der Waals surface area contributed by atoms with Crippen LogP contribution in [0.4, 0.5) is 0 Å². The standard InChI is InChI=1S/C18H13N3OS.C7H12O2.C2H5NO/c1-11(2)21-9-19-17-13(4-3-5-14(17)18(21)22)12-6-7-16-15(8-12)20-10-23-16;1-5-6(8)9-7(2,3)4;1-3-2-4/h3-10H,1H2,2H3;5H,1H2,2-4H3;2H,1H3,(H,3,4). The number of thiazole rings is 1. The van der Waals surface area contributed by atoms with E-state index in [1.54, 1.807) is 31.4 Å². The molecule has 0 saturated heterocycles. The van der Waals surface area contributed by atoms with Crippen LogP contribution in [0.25, 0.3) is 37.9 Å². The maximum atomic E-state index is 12.6. The minimum Gasteiger partial charge on any atom is -0.457 e. The third-order valence-electron chi connectivity index (χ3n) is 4.53. The van der Waals surface area contributed by atoms with Gasteiger partial charge < -0.3 is 10.1 Å². The number of benzene rings is 2. The zero-order valence-corrected chi connectivity index (χ0v) is 21.9. The fourth-order valence-electron chi connectivity index (χ4n) is 3.03. The molecular weight excluding hydrogens is 476 g/mol. The van der Waals surface area contributed by atoms with Gasteiger partial charge in [-0.25, -0.2) is 14.8 Å². The Kier molecular flexibility index (Phi) is 9.81. The van der Waals surface area contributed by atoms with Crippen molar-refractivity contribution in [2.24, 2.45) is 0 Å². The summed E-state index contributed by atoms with van der Waals surface area (Å²) in [7, 11) is 1.56. The highest BCUT2D eigenvalue weighted by Gasteiger charge is 2.13. The summed E-state index contributed by atoms with van der Waals surface area (Å²) in [6.07, 6.45) is 3.32. The lowest BCUT2D eigenvalue weighted by molar-refractivity contribution is -0.148. The number of aromatic nitrogens is 3. The van der Waals surface area contributed by atoms with Gasteiger partial charge in [0.15, 0.2) is 0 Å². The summed E-state index contributed by atoms with van der Waals surface area (Å²) in [6, 6.07) is 11.8. The fourth-order valence-corrected chi connectivity index (χ4v) is 3.69. The molecule has 0 bridgehead atoms. The van der Waals surface area contributed by atoms with Gasteiger partial charge in [-0.1, -0.05) is 31.4 Å². The van der Waals surface area contributed by atoms with E-state index < -0.39 is 5.60 Å². The van der Waals surface area contributed by atoms with Crippen molar-refractivity contribution in [1.82, 2.24) is 19.9 Å². The van der Waals surface area contributed by atoms with E-state index in [9.17, 15) is 9.59 Å². The molecule has 9 heteroatoms. The number of hydrogen-bond acceptors (Lipinski definition) is 7. The largest absolute Gasteiger partial charge is 0.457 e. The van der Waals surface area contributed by atoms with E-state index >= 15 is 0 Å². The molecule has 0 atom stereocenters. The highest BCUT2D eigenvalue weighted by Crippen LogP contribution is 2.29. The van der Waals surface area contributed by atoms with Gasteiger partial charge in [0, 0.05) is 24.4 Å². The Balaban J connectivity index is 0.000000295. The van der Waals surface area contributed by atoms with Crippen LogP contribution in [-0.4, -0.2) is 39.6 Å². The number of allylic oxidation sites excluding steroid dienone is 1. The predicted octanol–water partition coefficient (Wildman–Crippen LogP) is 5.04. The molecule has 36 heavy (non-hydrogen) atoms. The van der Waals surface area contributed by atoms with Crippen molar-refractivity contribution in [2.45, 2.75) is 33.3 Å². The number of ether oxygens (including phenoxy) is 1. The van der Waals surface area contributed by atoms with Crippen molar-refractivity contribution in [3.8, 4) is 11.1 Å². The van der Waals surface area contributed by atoms with Crippen LogP contribution >= 0.6 is 11.3 Å². The molecule has 188 valence electrons. The normalized spacial score (nSPS) is 10.4. The minimum absolute atomic E-state index is 0.0981. The summed E-state index contributed by atoms with van der Waals surface area (Å²) in [5.74, 6) is -0.373. The van der Waals surface area contributed by atoms with Crippen molar-refractivity contribution in [1.29, 1.82) is 0 Å². The average molecular weight is 507 g/mol. The molecule has 0 radical (unpaired) electrons. The molecule has 1 N–H and O–H groups in total. The number of fused-ring (bicyclic) bond motifs is 2. The highest BCUT2D eigenvalue weighted by atomic mass is 32.1. The van der Waals surface area contributed by atoms with Crippen molar-refractivity contribution in [2.75, 3.05) is 7.05 Å². The molecule has 0 unspecified atom stereocenters. The molecule has 1 amide bonds. The summed E-state index contributed by atoms with van der Waals surface area (Å²) in [4.78, 5) is 41.0. The first kappa shape index (κ1) is 28.1. The number of para-hydroxylation sites is 1. The van der Waals surface area contributed by atoms with Crippen LogP contribution in [0.1, 0.15) is 27.7 Å². The smallest absolute Gasteiger partial charge is 0.330 e. The number of esters is 1. The van der Waals surface area contributed by atoms with Gasteiger partial charge in [0.25, 0.3) is 5.56 Å². The van der Waals surface area contributed by atoms with E-state index in [4.69, 9.17) is 9.53 Å². The lowest BCUT2D eigenvalue weighted by Gasteiger charge is -2.17. The third-order valence-corrected chi connectivity index (χ3v) is 5.34. The molecule has 0 fully saturated rings. The van der Waals surface area contributed by atoms with Crippen molar-refractivity contribution in [3.05, 3.63) is 77.8 Å². The fraction of sp³-hybridized carbons (Fsp3) is 0.222. The van der Waals surface area contributed by atoms with Crippen molar-refractivity contribution in [3.63, 3.8) is 0 Å². The molecule has 4 rings (SSSR count). The topological polar surface area (TPSA) is 103 Å². The molecule has 0 aliphatic rings. The van der Waals surface area contributed by atoms with E-state index in [2.05, 4.69) is 34.5 Å². The number of nitrogens with one attached hydrogen (secondary N) is 1. The van der Waals surface area contributed by atoms with Gasteiger partial charge in [-0.3, -0.25) is 14.2 Å². The van der Waals surface area contributed by atoms with Crippen molar-refractivity contribution >= 4 is 50.5 Å². The van der Waals surface area contributed by atoms with Crippen LogP contribution < -0.4 is 10.9 Å². The van der Waals surface area contributed by atoms with Gasteiger partial charge in [0.1, 0.15) is 11.9 Å². The molecule has 0 aliphatic carbocycles. The summed E-state index contributed by atoms with van der Waals surface area (Å²) in [6.45, 7) is 14.3. The molecule has 2 heterocycles. The van der Waals surface area contributed by atoms with Gasteiger partial charge in [-0.05, 0) is 51.5 Å². The quantitative estimate of drug-likeness (QED) is 0.236. The number of hydrogen-bond donors (Lipinski definition) is 1. The molecule has 0 spiro atoms. The maximum absolute atomic E-state index is 12.6. The lowest BCUT2D eigenvalue weighted by atomic mass is 10.0. The second-order valence-corrected chi connectivity index (χ2v) is 9.42. The first-order valence-corrected chi connectivity index (χ1v) is 11.9. The van der Waals surface area contributed by atoms with E-state index in [0.717, 1.165) is 27.4 Å². The highest BCUT2D eigenvalue weighted by molar-refractivity contribution is 7.16. The van der Waals surface area contributed by atoms with Crippen LogP contribution in [0.3, 0.4) is 0 Å². The second kappa shape index (κ2) is 12.6. The Morgan fingerprint density at radius 3 is 2.44 bits per heavy atom. The molecular formula is C27H30N4O4S. The molecule has 0 saturated carbocycles. The predicted molar refractivity (Wildman–Crippen MR) is 147 cm³/mol. The number of nitrogens with zero attached hydrogens (tertiary/aromatic N) is 3. The molecule has 2 aromatic heterocycles. The summed E-state index contributed by atoms with van der Waals surface area (Å²) in [5.41, 5.74) is 5.59. The van der Waals surface area contributed by atoms with E-state index in [0.29, 0.717) is 23.0 Å². The van der Waals surface area contributed by atoms with Crippen molar-refractivity contribution < 1.29 is 14.3 Å². The number of carbonyl (C=O) groups excluding carboxylic acids is 2. The van der Waals surface area contributed by atoms with Crippen LogP contribution in [0.15, 0.2) is 72.3 Å². The van der Waals surface area contributed by atoms with Crippen LogP contribution in [0.2, 0.25) is 0 Å². The molecule has 4 aromatic rings. The Morgan fingerprint density at radius 1 is 1.19 bits per heavy atom. The maximum Gasteiger partial charge on any atom is 0.330 e.